The predicted molar refractivity (Wildman–Crippen MR) is 120 cm³/mol. The third-order valence-electron chi connectivity index (χ3n) is 4.47. The fraction of sp³-hybridized carbons (Fsp3) is 0.250. The van der Waals surface area contributed by atoms with E-state index in [0.717, 1.165) is 24.5 Å². The number of likely N-dealkylation sites (N-methyl/N-ethyl adjacent to an activating group) is 2. The normalized spacial score (nSPS) is 10.5. The molecule has 0 spiro atoms. The van der Waals surface area contributed by atoms with Gasteiger partial charge in [-0.3, -0.25) is 9.59 Å². The zero-order chi connectivity index (χ0) is 25.4. The van der Waals surface area contributed by atoms with Crippen LogP contribution in [0.25, 0.3) is 21.9 Å². The molecule has 4 rings (SSSR count). The summed E-state index contributed by atoms with van der Waals surface area (Å²) in [5.41, 5.74) is 0.264. The number of hydrogen-bond acceptors (Lipinski definition) is 6. The quantitative estimate of drug-likeness (QED) is 0.290. The van der Waals surface area contributed by atoms with Crippen molar-refractivity contribution < 1.29 is 36.0 Å². The zero-order valence-electron chi connectivity index (χ0n) is 19.0. The van der Waals surface area contributed by atoms with Gasteiger partial charge in [0.1, 0.15) is 29.1 Å². The molecule has 0 unspecified atom stereocenters. The first-order chi connectivity index (χ1) is 16.2. The van der Waals surface area contributed by atoms with Crippen LogP contribution in [0, 0.1) is 23.5 Å². The molecular weight excluding hydrogens is 456 g/mol. The summed E-state index contributed by atoms with van der Waals surface area (Å²) < 4.78 is 62.3. The number of furan rings is 2. The number of carbonyl (C=O) groups is 2. The Morgan fingerprint density at radius 1 is 0.765 bits per heavy atom. The lowest BCUT2D eigenvalue weighted by atomic mass is 10.1. The molecule has 2 N–H and O–H groups in total. The summed E-state index contributed by atoms with van der Waals surface area (Å²) in [5.74, 6) is -2.72. The molecule has 0 aliphatic heterocycles. The summed E-state index contributed by atoms with van der Waals surface area (Å²) in [4.78, 5) is 23.0. The lowest BCUT2D eigenvalue weighted by molar-refractivity contribution is 0.0983. The second kappa shape index (κ2) is 12.1. The Morgan fingerprint density at radius 2 is 1.38 bits per heavy atom. The van der Waals surface area contributed by atoms with Crippen molar-refractivity contribution in [1.29, 1.82) is 0 Å². The molecule has 0 aliphatic carbocycles. The monoisotopic (exact) mass is 480 g/mol. The molecule has 0 radical (unpaired) electrons. The number of carbonyl (C=O) groups excluding carboxylic acids is 2. The van der Waals surface area contributed by atoms with Gasteiger partial charge >= 0.3 is 0 Å². The van der Waals surface area contributed by atoms with Gasteiger partial charge in [-0.05, 0) is 38.4 Å². The van der Waals surface area contributed by atoms with Gasteiger partial charge in [-0.25, -0.2) is 13.2 Å². The summed E-state index contributed by atoms with van der Waals surface area (Å²) in [7, 11) is 3.19. The van der Waals surface area contributed by atoms with Crippen LogP contribution < -0.4 is 10.6 Å². The summed E-state index contributed by atoms with van der Waals surface area (Å²) in [6.45, 7) is 4.11. The average molecular weight is 480 g/mol. The maximum atomic E-state index is 13.5. The molecule has 6 nitrogen and oxygen atoms in total. The highest BCUT2D eigenvalue weighted by molar-refractivity contribution is 6.01. The number of rotatable bonds is 6. The molecule has 34 heavy (non-hydrogen) atoms. The molecule has 0 aliphatic rings. The lowest BCUT2D eigenvalue weighted by Crippen LogP contribution is -2.19. The number of hydrogen-bond donors (Lipinski definition) is 2. The van der Waals surface area contributed by atoms with Crippen molar-refractivity contribution in [3.63, 3.8) is 0 Å². The van der Waals surface area contributed by atoms with E-state index in [4.69, 9.17) is 4.42 Å². The van der Waals surface area contributed by atoms with E-state index < -0.39 is 29.2 Å². The molecule has 2 aromatic carbocycles. The Morgan fingerprint density at radius 3 is 2.03 bits per heavy atom. The number of Topliss-reactive ketones (excluding diaryl/α,β-unsaturated/α-hetero) is 2. The van der Waals surface area contributed by atoms with Crippen molar-refractivity contribution in [2.45, 2.75) is 13.8 Å². The minimum atomic E-state index is -0.868. The number of fused-ring (bicyclic) bond motifs is 2. The van der Waals surface area contributed by atoms with Gasteiger partial charge in [-0.2, -0.15) is 4.39 Å². The number of benzene rings is 2. The first-order valence-electron chi connectivity index (χ1n) is 10.4. The van der Waals surface area contributed by atoms with E-state index in [1.165, 1.54) is 12.1 Å². The number of nitrogens with one attached hydrogen (secondary N) is 2. The molecule has 10 heteroatoms. The fourth-order valence-corrected chi connectivity index (χ4v) is 2.97. The first kappa shape index (κ1) is 26.7. The summed E-state index contributed by atoms with van der Waals surface area (Å²) in [6.07, 6.45) is 0.885. The van der Waals surface area contributed by atoms with Crippen molar-refractivity contribution in [3.05, 3.63) is 71.2 Å². The SMILES string of the molecule is CC.CNCC(=O)c1cc(F)c2cc(F)oc2c1.CNCC(=O)c1cc2occ(F)c2cc1F. The van der Waals surface area contributed by atoms with Gasteiger partial charge in [0, 0.05) is 11.6 Å². The van der Waals surface area contributed by atoms with Gasteiger partial charge in [-0.15, -0.1) is 0 Å². The van der Waals surface area contributed by atoms with Crippen LogP contribution in [0.1, 0.15) is 34.6 Å². The third-order valence-corrected chi connectivity index (χ3v) is 4.47. The van der Waals surface area contributed by atoms with Crippen molar-refractivity contribution in [1.82, 2.24) is 10.6 Å². The van der Waals surface area contributed by atoms with E-state index in [0.29, 0.717) is 0 Å². The van der Waals surface area contributed by atoms with E-state index in [1.54, 1.807) is 14.1 Å². The van der Waals surface area contributed by atoms with Gasteiger partial charge in [-0.1, -0.05) is 13.8 Å². The third kappa shape index (κ3) is 6.09. The van der Waals surface area contributed by atoms with E-state index >= 15 is 0 Å². The van der Waals surface area contributed by atoms with Crippen LogP contribution in [0.4, 0.5) is 17.6 Å². The minimum absolute atomic E-state index is 0.0195. The van der Waals surface area contributed by atoms with Crippen molar-refractivity contribution in [2.24, 2.45) is 0 Å². The molecule has 0 atom stereocenters. The molecule has 0 saturated carbocycles. The molecule has 2 heterocycles. The van der Waals surface area contributed by atoms with Gasteiger partial charge in [0.2, 0.25) is 0 Å². The van der Waals surface area contributed by atoms with Gasteiger partial charge in [0.05, 0.1) is 29.4 Å². The molecule has 182 valence electrons. The fourth-order valence-electron chi connectivity index (χ4n) is 2.97. The predicted octanol–water partition coefficient (Wildman–Crippen LogP) is 5.25. The Labute approximate surface area is 192 Å². The van der Waals surface area contributed by atoms with Crippen molar-refractivity contribution in [2.75, 3.05) is 27.2 Å². The van der Waals surface area contributed by atoms with Gasteiger partial charge in [0.25, 0.3) is 6.01 Å². The second-order valence-corrected chi connectivity index (χ2v) is 6.74. The molecule has 0 bridgehead atoms. The molecule has 0 amide bonds. The number of halogens is 4. The summed E-state index contributed by atoms with van der Waals surface area (Å²) >= 11 is 0. The molecule has 2 aromatic heterocycles. The van der Waals surface area contributed by atoms with Crippen LogP contribution in [0.15, 0.2) is 45.4 Å². The summed E-state index contributed by atoms with van der Waals surface area (Å²) in [5, 5.41) is 5.37. The Kier molecular flexibility index (Phi) is 9.52. The Bertz CT molecular complexity index is 1300. The van der Waals surface area contributed by atoms with Crippen LogP contribution >= 0.6 is 0 Å². The minimum Gasteiger partial charge on any atom is -0.461 e. The van der Waals surface area contributed by atoms with Crippen molar-refractivity contribution in [3.8, 4) is 0 Å². The first-order valence-corrected chi connectivity index (χ1v) is 10.4. The molecule has 0 fully saturated rings. The maximum Gasteiger partial charge on any atom is 0.278 e. The highest BCUT2D eigenvalue weighted by atomic mass is 19.1. The highest BCUT2D eigenvalue weighted by Gasteiger charge is 2.16. The van der Waals surface area contributed by atoms with Crippen LogP contribution in [0.5, 0.6) is 0 Å². The van der Waals surface area contributed by atoms with Gasteiger partial charge in [0.15, 0.2) is 17.4 Å². The van der Waals surface area contributed by atoms with E-state index in [1.807, 2.05) is 13.8 Å². The zero-order valence-corrected chi connectivity index (χ0v) is 19.0. The van der Waals surface area contributed by atoms with E-state index in [2.05, 4.69) is 15.1 Å². The number of ketones is 2. The van der Waals surface area contributed by atoms with E-state index in [9.17, 15) is 27.2 Å². The Hall–Kier alpha value is -3.50. The van der Waals surface area contributed by atoms with Crippen molar-refractivity contribution >= 4 is 33.5 Å². The second-order valence-electron chi connectivity index (χ2n) is 6.74. The molecule has 4 aromatic rings. The van der Waals surface area contributed by atoms with Crippen LogP contribution in [0.2, 0.25) is 0 Å². The maximum absolute atomic E-state index is 13.5. The van der Waals surface area contributed by atoms with Gasteiger partial charge < -0.3 is 19.5 Å². The average Bonchev–Trinajstić information content (AvgIpc) is 3.37. The largest absolute Gasteiger partial charge is 0.461 e. The standard InChI is InChI=1S/2C11H9F2NO2.C2H6/c1-14-4-10(15)6-3-11-7(2-8(6)12)9(13)5-16-11;1-14-5-9(15)6-2-8(12)7-4-11(13)16-10(7)3-6;1-2/h2-3,5,14H,4H2,1H3;2-4,14H,5H2,1H3;1-2H3. The van der Waals surface area contributed by atoms with Crippen LogP contribution in [0.3, 0.4) is 0 Å². The highest BCUT2D eigenvalue weighted by Crippen LogP contribution is 2.24. The lowest BCUT2D eigenvalue weighted by Gasteiger charge is -2.01. The molecule has 0 saturated heterocycles. The van der Waals surface area contributed by atoms with E-state index in [-0.39, 0.29) is 51.9 Å². The summed E-state index contributed by atoms with van der Waals surface area (Å²) in [6, 6.07) is 4.69. The molecular formula is C24H24F4N2O4. The van der Waals surface area contributed by atoms with Crippen LogP contribution in [-0.2, 0) is 0 Å². The Balaban J connectivity index is 0.000000224. The smallest absolute Gasteiger partial charge is 0.278 e. The topological polar surface area (TPSA) is 84.5 Å². The van der Waals surface area contributed by atoms with Crippen LogP contribution in [-0.4, -0.2) is 38.8 Å².